The lowest BCUT2D eigenvalue weighted by Gasteiger charge is -2.29. The first kappa shape index (κ1) is 16.2. The first-order valence-corrected chi connectivity index (χ1v) is 7.93. The van der Waals surface area contributed by atoms with Crippen molar-refractivity contribution in [3.8, 4) is 6.07 Å². The minimum absolute atomic E-state index is 0.296. The molecule has 4 nitrogen and oxygen atoms in total. The number of nitrogens with one attached hydrogen (secondary N) is 1. The molecule has 0 bridgehead atoms. The van der Waals surface area contributed by atoms with Crippen molar-refractivity contribution in [2.24, 2.45) is 0 Å². The standard InChI is InChI=1S/C20H20N2O2/c1-19(18(23)24-2)13-20(14-21,16-11-7-4-8-12-16)17(22-19)15-9-5-3-6-10-15/h3-12,17,22H,13H2,1-2H3/t17-,19-,20+/m1/s1. The van der Waals surface area contributed by atoms with E-state index in [1.54, 1.807) is 6.92 Å². The predicted octanol–water partition coefficient (Wildman–Crippen LogP) is 3.11. The SMILES string of the molecule is COC(=O)[C@@]1(C)C[C@](C#N)(c2ccccc2)[C@@H](c2ccccc2)N1. The van der Waals surface area contributed by atoms with Crippen LogP contribution in [-0.4, -0.2) is 18.6 Å². The van der Waals surface area contributed by atoms with Crippen molar-refractivity contribution in [3.63, 3.8) is 0 Å². The normalized spacial score (nSPS) is 29.0. The minimum Gasteiger partial charge on any atom is -0.468 e. The molecule has 0 spiro atoms. The molecule has 1 aliphatic heterocycles. The molecule has 1 aliphatic rings. The Morgan fingerprint density at radius 3 is 2.29 bits per heavy atom. The van der Waals surface area contributed by atoms with Gasteiger partial charge in [-0.2, -0.15) is 5.26 Å². The largest absolute Gasteiger partial charge is 0.468 e. The molecule has 0 radical (unpaired) electrons. The highest BCUT2D eigenvalue weighted by atomic mass is 16.5. The molecule has 0 aliphatic carbocycles. The van der Waals surface area contributed by atoms with Gasteiger partial charge in [-0.25, -0.2) is 0 Å². The maximum Gasteiger partial charge on any atom is 0.325 e. The summed E-state index contributed by atoms with van der Waals surface area (Å²) < 4.78 is 4.98. The number of carbonyl (C=O) groups is 1. The van der Waals surface area contributed by atoms with Gasteiger partial charge in [0.15, 0.2) is 0 Å². The zero-order valence-electron chi connectivity index (χ0n) is 13.8. The number of nitrogens with zero attached hydrogens (tertiary/aromatic N) is 1. The molecule has 0 aromatic heterocycles. The number of rotatable bonds is 3. The molecule has 1 fully saturated rings. The second kappa shape index (κ2) is 6.10. The molecule has 2 aromatic rings. The van der Waals surface area contributed by atoms with E-state index in [1.807, 2.05) is 60.7 Å². The van der Waals surface area contributed by atoms with E-state index in [9.17, 15) is 10.1 Å². The summed E-state index contributed by atoms with van der Waals surface area (Å²) in [5.41, 5.74) is 0.129. The smallest absolute Gasteiger partial charge is 0.325 e. The van der Waals surface area contributed by atoms with Gasteiger partial charge < -0.3 is 4.74 Å². The van der Waals surface area contributed by atoms with Crippen LogP contribution < -0.4 is 5.32 Å². The van der Waals surface area contributed by atoms with Gasteiger partial charge in [-0.05, 0) is 18.1 Å². The fourth-order valence-corrected chi connectivity index (χ4v) is 3.70. The molecular formula is C20H20N2O2. The zero-order valence-corrected chi connectivity index (χ0v) is 13.8. The zero-order chi connectivity index (χ0) is 17.2. The molecule has 4 heteroatoms. The maximum atomic E-state index is 12.4. The highest BCUT2D eigenvalue weighted by Gasteiger charge is 2.57. The third-order valence-electron chi connectivity index (χ3n) is 4.85. The number of hydrogen-bond donors (Lipinski definition) is 1. The quantitative estimate of drug-likeness (QED) is 0.883. The van der Waals surface area contributed by atoms with Crippen LogP contribution in [0.25, 0.3) is 0 Å². The minimum atomic E-state index is -0.916. The summed E-state index contributed by atoms with van der Waals surface area (Å²) >= 11 is 0. The van der Waals surface area contributed by atoms with Gasteiger partial charge in [0.1, 0.15) is 11.0 Å². The van der Waals surface area contributed by atoms with E-state index in [1.165, 1.54) is 7.11 Å². The van der Waals surface area contributed by atoms with E-state index in [-0.39, 0.29) is 12.0 Å². The third-order valence-corrected chi connectivity index (χ3v) is 4.85. The Kier molecular flexibility index (Phi) is 4.13. The Morgan fingerprint density at radius 1 is 1.17 bits per heavy atom. The summed E-state index contributed by atoms with van der Waals surface area (Å²) in [4.78, 5) is 12.4. The van der Waals surface area contributed by atoms with Crippen molar-refractivity contribution in [2.75, 3.05) is 7.11 Å². The molecule has 24 heavy (non-hydrogen) atoms. The van der Waals surface area contributed by atoms with Crippen LogP contribution in [0.1, 0.15) is 30.5 Å². The van der Waals surface area contributed by atoms with Crippen molar-refractivity contribution in [1.29, 1.82) is 5.26 Å². The van der Waals surface area contributed by atoms with Crippen LogP contribution in [0, 0.1) is 11.3 Å². The Morgan fingerprint density at radius 2 is 1.75 bits per heavy atom. The Bertz CT molecular complexity index is 769. The second-order valence-electron chi connectivity index (χ2n) is 6.44. The molecule has 0 saturated carbocycles. The van der Waals surface area contributed by atoms with E-state index in [0.717, 1.165) is 11.1 Å². The number of hydrogen-bond acceptors (Lipinski definition) is 4. The molecule has 1 heterocycles. The van der Waals surface area contributed by atoms with Gasteiger partial charge in [-0.15, -0.1) is 0 Å². The first-order valence-electron chi connectivity index (χ1n) is 7.93. The van der Waals surface area contributed by atoms with Crippen LogP contribution in [-0.2, 0) is 14.9 Å². The van der Waals surface area contributed by atoms with E-state index >= 15 is 0 Å². The fourth-order valence-electron chi connectivity index (χ4n) is 3.70. The molecular weight excluding hydrogens is 300 g/mol. The van der Waals surface area contributed by atoms with Gasteiger partial charge in [0, 0.05) is 6.42 Å². The van der Waals surface area contributed by atoms with Crippen molar-refractivity contribution in [1.82, 2.24) is 5.32 Å². The van der Waals surface area contributed by atoms with Crippen LogP contribution >= 0.6 is 0 Å². The molecule has 3 rings (SSSR count). The van der Waals surface area contributed by atoms with Gasteiger partial charge in [-0.1, -0.05) is 60.7 Å². The number of ether oxygens (including phenoxy) is 1. The van der Waals surface area contributed by atoms with Crippen LogP contribution in [0.3, 0.4) is 0 Å². The number of methoxy groups -OCH3 is 1. The Balaban J connectivity index is 2.16. The van der Waals surface area contributed by atoms with E-state index < -0.39 is 11.0 Å². The fraction of sp³-hybridized carbons (Fsp3) is 0.300. The third kappa shape index (κ3) is 2.47. The topological polar surface area (TPSA) is 62.1 Å². The van der Waals surface area contributed by atoms with Crippen LogP contribution in [0.15, 0.2) is 60.7 Å². The number of esters is 1. The second-order valence-corrected chi connectivity index (χ2v) is 6.44. The number of carbonyl (C=O) groups excluding carboxylic acids is 1. The molecule has 0 amide bonds. The predicted molar refractivity (Wildman–Crippen MR) is 91.1 cm³/mol. The lowest BCUT2D eigenvalue weighted by Crippen LogP contribution is -2.45. The van der Waals surface area contributed by atoms with Gasteiger partial charge >= 0.3 is 5.97 Å². The monoisotopic (exact) mass is 320 g/mol. The van der Waals surface area contributed by atoms with Crippen molar-refractivity contribution < 1.29 is 9.53 Å². The highest BCUT2D eigenvalue weighted by molar-refractivity contribution is 5.81. The maximum absolute atomic E-state index is 12.4. The van der Waals surface area contributed by atoms with Crippen LogP contribution in [0.5, 0.6) is 0 Å². The van der Waals surface area contributed by atoms with Crippen LogP contribution in [0.2, 0.25) is 0 Å². The molecule has 2 aromatic carbocycles. The average Bonchev–Trinajstić information content (AvgIpc) is 2.98. The van der Waals surface area contributed by atoms with Gasteiger partial charge in [0.05, 0.1) is 19.2 Å². The van der Waals surface area contributed by atoms with Gasteiger partial charge in [0.2, 0.25) is 0 Å². The lowest BCUT2D eigenvalue weighted by atomic mass is 9.71. The molecule has 0 unspecified atom stereocenters. The summed E-state index contributed by atoms with van der Waals surface area (Å²) in [5.74, 6) is -0.350. The van der Waals surface area contributed by atoms with Gasteiger partial charge in [-0.3, -0.25) is 10.1 Å². The Labute approximate surface area is 142 Å². The van der Waals surface area contributed by atoms with E-state index in [2.05, 4.69) is 11.4 Å². The van der Waals surface area contributed by atoms with Crippen LogP contribution in [0.4, 0.5) is 0 Å². The first-order chi connectivity index (χ1) is 11.6. The van der Waals surface area contributed by atoms with Crippen molar-refractivity contribution in [3.05, 3.63) is 71.8 Å². The average molecular weight is 320 g/mol. The summed E-state index contributed by atoms with van der Waals surface area (Å²) in [6.45, 7) is 1.80. The van der Waals surface area contributed by atoms with E-state index in [4.69, 9.17) is 4.74 Å². The van der Waals surface area contributed by atoms with Crippen molar-refractivity contribution in [2.45, 2.75) is 30.3 Å². The van der Waals surface area contributed by atoms with Gasteiger partial charge in [0.25, 0.3) is 0 Å². The summed E-state index contributed by atoms with van der Waals surface area (Å²) in [5, 5.41) is 13.5. The number of benzene rings is 2. The molecule has 122 valence electrons. The lowest BCUT2D eigenvalue weighted by molar-refractivity contribution is -0.147. The molecule has 3 atom stereocenters. The highest BCUT2D eigenvalue weighted by Crippen LogP contribution is 2.49. The number of nitriles is 1. The summed E-state index contributed by atoms with van der Waals surface area (Å²) in [6.07, 6.45) is 0.354. The summed E-state index contributed by atoms with van der Waals surface area (Å²) in [7, 11) is 1.38. The van der Waals surface area contributed by atoms with E-state index in [0.29, 0.717) is 6.42 Å². The molecule has 1 N–H and O–H groups in total. The summed E-state index contributed by atoms with van der Waals surface area (Å²) in [6, 6.07) is 21.7. The molecule has 1 saturated heterocycles. The van der Waals surface area contributed by atoms with Crippen molar-refractivity contribution >= 4 is 5.97 Å². The Hall–Kier alpha value is -2.64.